The van der Waals surface area contributed by atoms with Crippen molar-refractivity contribution in [3.63, 3.8) is 0 Å². The maximum absolute atomic E-state index is 2.41. The monoisotopic (exact) mass is 747 g/mol. The molecule has 0 aliphatic heterocycles. The van der Waals surface area contributed by atoms with E-state index >= 15 is 0 Å². The molecule has 1 aromatic heterocycles. The highest BCUT2D eigenvalue weighted by atomic mass is 15.0. The first-order valence-corrected chi connectivity index (χ1v) is 20.4. The minimum absolute atomic E-state index is 1.15. The molecule has 0 saturated heterocycles. The van der Waals surface area contributed by atoms with E-state index in [0.29, 0.717) is 0 Å². The Morgan fingerprint density at radius 2 is 0.661 bits per heavy atom. The summed E-state index contributed by atoms with van der Waals surface area (Å²) in [4.78, 5) is 0. The Hall–Kier alpha value is -7.74. The number of rotatable bonds is 5. The van der Waals surface area contributed by atoms with Crippen LogP contribution in [0, 0.1) is 0 Å². The molecular formula is C58H37N. The summed E-state index contributed by atoms with van der Waals surface area (Å²) in [6.45, 7) is 0. The standard InChI is InChI=1S/C58H37N/c1-2-12-40(13-3-1)53-37-45-15-5-7-17-48(45)55-34-42(28-32-51(53)55)38-22-24-39(25-23-38)43-29-33-58-56(35-43)52-20-10-11-21-57(52)59(58)46-30-26-41(27-31-46)54-36-44-14-4-6-16-47(44)49-18-8-9-19-50(49)54/h1-37H. The van der Waals surface area contributed by atoms with Crippen LogP contribution in [0.15, 0.2) is 224 Å². The predicted molar refractivity (Wildman–Crippen MR) is 253 cm³/mol. The Morgan fingerprint density at radius 1 is 0.220 bits per heavy atom. The molecule has 1 nitrogen and oxygen atoms in total. The highest BCUT2D eigenvalue weighted by Crippen LogP contribution is 2.40. The molecule has 0 aliphatic rings. The molecule has 12 aromatic rings. The number of fused-ring (bicyclic) bond motifs is 9. The molecular weight excluding hydrogens is 711 g/mol. The molecule has 0 unspecified atom stereocenters. The summed E-state index contributed by atoms with van der Waals surface area (Å²) < 4.78 is 2.41. The van der Waals surface area contributed by atoms with Gasteiger partial charge in [-0.3, -0.25) is 0 Å². The second kappa shape index (κ2) is 13.4. The third kappa shape index (κ3) is 5.47. The van der Waals surface area contributed by atoms with Crippen LogP contribution in [0.3, 0.4) is 0 Å². The van der Waals surface area contributed by atoms with Crippen molar-refractivity contribution < 1.29 is 0 Å². The first-order valence-electron chi connectivity index (χ1n) is 20.4. The number of aromatic nitrogens is 1. The highest BCUT2D eigenvalue weighted by molar-refractivity contribution is 6.16. The summed E-state index contributed by atoms with van der Waals surface area (Å²) in [5.41, 5.74) is 13.4. The third-order valence-electron chi connectivity index (χ3n) is 12.4. The van der Waals surface area contributed by atoms with Gasteiger partial charge in [0.25, 0.3) is 0 Å². The fourth-order valence-electron chi connectivity index (χ4n) is 9.51. The van der Waals surface area contributed by atoms with Gasteiger partial charge in [0.15, 0.2) is 0 Å². The molecule has 0 bridgehead atoms. The molecule has 0 fully saturated rings. The van der Waals surface area contributed by atoms with Gasteiger partial charge < -0.3 is 4.57 Å². The number of para-hydroxylation sites is 1. The van der Waals surface area contributed by atoms with E-state index in [-0.39, 0.29) is 0 Å². The van der Waals surface area contributed by atoms with Crippen LogP contribution in [0.25, 0.3) is 115 Å². The molecule has 59 heavy (non-hydrogen) atoms. The highest BCUT2D eigenvalue weighted by Gasteiger charge is 2.15. The molecule has 0 saturated carbocycles. The summed E-state index contributed by atoms with van der Waals surface area (Å²) in [5, 5.41) is 12.7. The van der Waals surface area contributed by atoms with Gasteiger partial charge in [-0.15, -0.1) is 0 Å². The zero-order valence-corrected chi connectivity index (χ0v) is 32.3. The molecule has 11 aromatic carbocycles. The van der Waals surface area contributed by atoms with Crippen LogP contribution in [0.2, 0.25) is 0 Å². The van der Waals surface area contributed by atoms with Crippen LogP contribution in [-0.4, -0.2) is 4.57 Å². The van der Waals surface area contributed by atoms with E-state index in [1.165, 1.54) is 109 Å². The van der Waals surface area contributed by atoms with Gasteiger partial charge in [-0.2, -0.15) is 0 Å². The van der Waals surface area contributed by atoms with Crippen molar-refractivity contribution in [1.29, 1.82) is 0 Å². The number of hydrogen-bond donors (Lipinski definition) is 0. The maximum atomic E-state index is 2.41. The van der Waals surface area contributed by atoms with Crippen molar-refractivity contribution in [3.05, 3.63) is 224 Å². The van der Waals surface area contributed by atoms with Crippen LogP contribution >= 0.6 is 0 Å². The number of nitrogens with zero attached hydrogens (tertiary/aromatic N) is 1. The molecule has 0 radical (unpaired) electrons. The minimum atomic E-state index is 1.15. The zero-order chi connectivity index (χ0) is 38.9. The van der Waals surface area contributed by atoms with Crippen LogP contribution in [-0.2, 0) is 0 Å². The Bertz CT molecular complexity index is 3570. The topological polar surface area (TPSA) is 4.93 Å². The van der Waals surface area contributed by atoms with Crippen molar-refractivity contribution in [3.8, 4) is 50.2 Å². The van der Waals surface area contributed by atoms with Crippen LogP contribution in [0.4, 0.5) is 0 Å². The van der Waals surface area contributed by atoms with E-state index in [9.17, 15) is 0 Å². The second-order valence-corrected chi connectivity index (χ2v) is 15.7. The maximum Gasteiger partial charge on any atom is 0.0541 e. The zero-order valence-electron chi connectivity index (χ0n) is 32.3. The lowest BCUT2D eigenvalue weighted by Crippen LogP contribution is -1.94. The van der Waals surface area contributed by atoms with Gasteiger partial charge in [0.05, 0.1) is 11.0 Å². The van der Waals surface area contributed by atoms with E-state index in [0.717, 1.165) is 5.69 Å². The van der Waals surface area contributed by atoms with Gasteiger partial charge >= 0.3 is 0 Å². The van der Waals surface area contributed by atoms with Gasteiger partial charge in [-0.05, 0) is 136 Å². The molecule has 1 heteroatoms. The average molecular weight is 748 g/mol. The average Bonchev–Trinajstić information content (AvgIpc) is 3.65. The lowest BCUT2D eigenvalue weighted by Gasteiger charge is -2.13. The third-order valence-corrected chi connectivity index (χ3v) is 12.4. The van der Waals surface area contributed by atoms with E-state index in [1.54, 1.807) is 0 Å². The van der Waals surface area contributed by atoms with Gasteiger partial charge in [0, 0.05) is 16.5 Å². The summed E-state index contributed by atoms with van der Waals surface area (Å²) in [5.74, 6) is 0. The fourth-order valence-corrected chi connectivity index (χ4v) is 9.51. The van der Waals surface area contributed by atoms with E-state index in [2.05, 4.69) is 229 Å². The lowest BCUT2D eigenvalue weighted by molar-refractivity contribution is 1.18. The Morgan fingerprint density at radius 3 is 1.34 bits per heavy atom. The van der Waals surface area contributed by atoms with Gasteiger partial charge in [-0.1, -0.05) is 176 Å². The first kappa shape index (κ1) is 33.4. The summed E-state index contributed by atoms with van der Waals surface area (Å²) in [7, 11) is 0. The normalized spacial score (nSPS) is 11.7. The Labute approximate surface area is 342 Å². The summed E-state index contributed by atoms with van der Waals surface area (Å²) in [6.07, 6.45) is 0. The molecule has 0 spiro atoms. The SMILES string of the molecule is c1ccc(-c2cc3ccccc3c3cc(-c4ccc(-c5ccc6c(c5)c5ccccc5n6-c5ccc(-c6cc7ccccc7c7ccccc67)cc5)cc4)ccc23)cc1. The lowest BCUT2D eigenvalue weighted by atomic mass is 9.91. The fraction of sp³-hybridized carbons (Fsp3) is 0. The summed E-state index contributed by atoms with van der Waals surface area (Å²) in [6, 6.07) is 82.5. The van der Waals surface area contributed by atoms with E-state index in [4.69, 9.17) is 0 Å². The van der Waals surface area contributed by atoms with E-state index in [1.807, 2.05) is 0 Å². The quantitative estimate of drug-likeness (QED) is 0.155. The second-order valence-electron chi connectivity index (χ2n) is 15.7. The molecule has 0 N–H and O–H groups in total. The molecule has 0 amide bonds. The smallest absolute Gasteiger partial charge is 0.0541 e. The number of hydrogen-bond acceptors (Lipinski definition) is 0. The first-order chi connectivity index (χ1) is 29.2. The largest absolute Gasteiger partial charge is 0.309 e. The summed E-state index contributed by atoms with van der Waals surface area (Å²) >= 11 is 0. The van der Waals surface area contributed by atoms with Crippen molar-refractivity contribution in [2.75, 3.05) is 0 Å². The Balaban J connectivity index is 0.909. The van der Waals surface area contributed by atoms with Crippen LogP contribution < -0.4 is 0 Å². The van der Waals surface area contributed by atoms with E-state index < -0.39 is 0 Å². The van der Waals surface area contributed by atoms with Crippen molar-refractivity contribution in [2.24, 2.45) is 0 Å². The molecule has 1 heterocycles. The van der Waals surface area contributed by atoms with Crippen LogP contribution in [0.1, 0.15) is 0 Å². The van der Waals surface area contributed by atoms with Crippen LogP contribution in [0.5, 0.6) is 0 Å². The molecule has 274 valence electrons. The number of benzene rings is 11. The molecule has 12 rings (SSSR count). The van der Waals surface area contributed by atoms with Gasteiger partial charge in [0.2, 0.25) is 0 Å². The van der Waals surface area contributed by atoms with Crippen molar-refractivity contribution in [1.82, 2.24) is 4.57 Å². The van der Waals surface area contributed by atoms with Crippen molar-refractivity contribution >= 4 is 64.9 Å². The molecule has 0 atom stereocenters. The van der Waals surface area contributed by atoms with Gasteiger partial charge in [-0.25, -0.2) is 0 Å². The van der Waals surface area contributed by atoms with Gasteiger partial charge in [0.1, 0.15) is 0 Å². The van der Waals surface area contributed by atoms with Crippen molar-refractivity contribution in [2.45, 2.75) is 0 Å². The Kier molecular flexibility index (Phi) is 7.61. The predicted octanol–water partition coefficient (Wildman–Crippen LogP) is 16.1. The minimum Gasteiger partial charge on any atom is -0.309 e. The molecule has 0 aliphatic carbocycles.